The van der Waals surface area contributed by atoms with E-state index >= 15 is 0 Å². The van der Waals surface area contributed by atoms with Gasteiger partial charge in [0.15, 0.2) is 0 Å². The lowest BCUT2D eigenvalue weighted by Crippen LogP contribution is -2.40. The molecule has 0 spiro atoms. The molecular formula is C30H28N2O6S. The van der Waals surface area contributed by atoms with E-state index in [9.17, 15) is 18.3 Å². The van der Waals surface area contributed by atoms with Crippen molar-refractivity contribution in [2.75, 3.05) is 26.3 Å². The molecule has 2 aromatic heterocycles. The second-order valence-corrected chi connectivity index (χ2v) is 12.0. The van der Waals surface area contributed by atoms with Gasteiger partial charge in [0.2, 0.25) is 10.0 Å². The Balaban J connectivity index is 1.32. The van der Waals surface area contributed by atoms with Crippen molar-refractivity contribution in [1.82, 2.24) is 9.29 Å². The molecule has 1 atom stereocenters. The largest absolute Gasteiger partial charge is 0.478 e. The Labute approximate surface area is 226 Å². The fraction of sp³-hybridized carbons (Fsp3) is 0.267. The summed E-state index contributed by atoms with van der Waals surface area (Å²) >= 11 is 0. The highest BCUT2D eigenvalue weighted by molar-refractivity contribution is 7.89. The van der Waals surface area contributed by atoms with Crippen LogP contribution in [-0.4, -0.2) is 55.1 Å². The predicted molar refractivity (Wildman–Crippen MR) is 148 cm³/mol. The number of morpholine rings is 1. The number of furan rings is 1. The Bertz CT molecular complexity index is 1700. The maximum Gasteiger partial charge on any atom is 0.336 e. The van der Waals surface area contributed by atoms with Gasteiger partial charge in [0.05, 0.1) is 34.9 Å². The summed E-state index contributed by atoms with van der Waals surface area (Å²) < 4.78 is 38.7. The third kappa shape index (κ3) is 4.78. The van der Waals surface area contributed by atoms with Crippen LogP contribution in [0.25, 0.3) is 33.9 Å². The number of ether oxygens (including phenoxy) is 1. The number of hydrogen-bond acceptors (Lipinski definition) is 6. The number of sulfonamides is 1. The van der Waals surface area contributed by atoms with Gasteiger partial charge in [0.25, 0.3) is 0 Å². The van der Waals surface area contributed by atoms with Crippen LogP contribution in [0, 0.1) is 5.92 Å². The zero-order valence-electron chi connectivity index (χ0n) is 21.5. The molecule has 2 aromatic carbocycles. The molecule has 39 heavy (non-hydrogen) atoms. The third-order valence-corrected chi connectivity index (χ3v) is 9.24. The molecule has 1 fully saturated rings. The van der Waals surface area contributed by atoms with Gasteiger partial charge >= 0.3 is 5.97 Å². The number of hydrogen-bond donors (Lipinski definition) is 1. The molecule has 1 aliphatic carbocycles. The van der Waals surface area contributed by atoms with Crippen LogP contribution in [0.15, 0.2) is 70.0 Å². The van der Waals surface area contributed by atoms with E-state index in [1.165, 1.54) is 4.31 Å². The van der Waals surface area contributed by atoms with Gasteiger partial charge in [-0.15, -0.1) is 0 Å². The first-order chi connectivity index (χ1) is 18.8. The van der Waals surface area contributed by atoms with Crippen molar-refractivity contribution < 1.29 is 27.5 Å². The number of nitrogens with zero attached hydrogens (tertiary/aromatic N) is 2. The molecular weight excluding hydrogens is 516 g/mol. The molecule has 1 N–H and O–H groups in total. The van der Waals surface area contributed by atoms with E-state index in [0.29, 0.717) is 66.4 Å². The number of allylic oxidation sites excluding steroid dienone is 1. The Morgan fingerprint density at radius 3 is 2.51 bits per heavy atom. The average molecular weight is 545 g/mol. The third-order valence-electron chi connectivity index (χ3n) is 7.32. The zero-order valence-corrected chi connectivity index (χ0v) is 22.3. The summed E-state index contributed by atoms with van der Waals surface area (Å²) in [5, 5.41) is 10.7. The molecule has 0 amide bonds. The SMILES string of the molecule is CC1C/C(=C/c2ccc(-c3ccc(S(=O)(=O)N4CCOCC4)cc3)o2)c2nc3ccccc3c(C(=O)O)c2C1. The number of carboxylic acid groups (broad SMARTS) is 1. The molecule has 1 saturated heterocycles. The number of fused-ring (bicyclic) bond motifs is 2. The number of benzene rings is 2. The van der Waals surface area contributed by atoms with Gasteiger partial charge in [-0.25, -0.2) is 18.2 Å². The van der Waals surface area contributed by atoms with Crippen LogP contribution in [0.4, 0.5) is 0 Å². The monoisotopic (exact) mass is 544 g/mol. The minimum Gasteiger partial charge on any atom is -0.478 e. The fourth-order valence-electron chi connectivity index (χ4n) is 5.46. The van der Waals surface area contributed by atoms with Crippen LogP contribution >= 0.6 is 0 Å². The molecule has 6 rings (SSSR count). The smallest absolute Gasteiger partial charge is 0.336 e. The Kier molecular flexibility index (Phi) is 6.58. The number of rotatable bonds is 5. The summed E-state index contributed by atoms with van der Waals surface area (Å²) in [6.45, 7) is 3.60. The number of para-hydroxylation sites is 1. The molecule has 9 heteroatoms. The van der Waals surface area contributed by atoms with Crippen LogP contribution in [0.1, 0.15) is 40.7 Å². The molecule has 3 heterocycles. The molecule has 200 valence electrons. The molecule has 8 nitrogen and oxygen atoms in total. The Hall–Kier alpha value is -3.79. The zero-order chi connectivity index (χ0) is 27.1. The van der Waals surface area contributed by atoms with Crippen LogP contribution in [0.2, 0.25) is 0 Å². The van der Waals surface area contributed by atoms with E-state index in [-0.39, 0.29) is 10.8 Å². The Morgan fingerprint density at radius 2 is 1.77 bits per heavy atom. The normalized spacial score (nSPS) is 19.3. The highest BCUT2D eigenvalue weighted by atomic mass is 32.2. The van der Waals surface area contributed by atoms with E-state index in [0.717, 1.165) is 23.1 Å². The lowest BCUT2D eigenvalue weighted by Gasteiger charge is -2.26. The highest BCUT2D eigenvalue weighted by Crippen LogP contribution is 2.39. The molecule has 4 aromatic rings. The van der Waals surface area contributed by atoms with E-state index in [4.69, 9.17) is 14.1 Å². The summed E-state index contributed by atoms with van der Waals surface area (Å²) in [5.74, 6) is 0.536. The first-order valence-electron chi connectivity index (χ1n) is 13.0. The van der Waals surface area contributed by atoms with E-state index in [1.54, 1.807) is 24.3 Å². The van der Waals surface area contributed by atoms with Crippen molar-refractivity contribution in [3.63, 3.8) is 0 Å². The quantitative estimate of drug-likeness (QED) is 0.361. The topological polar surface area (TPSA) is 110 Å². The first-order valence-corrected chi connectivity index (χ1v) is 14.4. The van der Waals surface area contributed by atoms with Crippen molar-refractivity contribution in [3.05, 3.63) is 83.2 Å². The van der Waals surface area contributed by atoms with Crippen molar-refractivity contribution in [2.45, 2.75) is 24.7 Å². The van der Waals surface area contributed by atoms with E-state index in [1.807, 2.05) is 42.5 Å². The van der Waals surface area contributed by atoms with Crippen LogP contribution in [-0.2, 0) is 21.2 Å². The maximum absolute atomic E-state index is 12.9. The first kappa shape index (κ1) is 25.5. The molecule has 2 aliphatic rings. The second kappa shape index (κ2) is 10.1. The van der Waals surface area contributed by atoms with Gasteiger partial charge in [-0.1, -0.05) is 25.1 Å². The number of aromatic nitrogens is 1. The standard InChI is InChI=1S/C30H28N2O6S/c1-19-16-21(29-25(17-19)28(30(33)34)24-4-2-3-5-26(24)31-29)18-22-8-11-27(38-22)20-6-9-23(10-7-20)39(35,36)32-12-14-37-15-13-32/h2-11,18-19H,12-17H2,1H3,(H,33,34)/b21-18-. The molecule has 0 bridgehead atoms. The van der Waals surface area contributed by atoms with E-state index in [2.05, 4.69) is 6.92 Å². The van der Waals surface area contributed by atoms with Gasteiger partial charge < -0.3 is 14.3 Å². The fourth-order valence-corrected chi connectivity index (χ4v) is 6.87. The van der Waals surface area contributed by atoms with Crippen molar-refractivity contribution >= 4 is 38.5 Å². The van der Waals surface area contributed by atoms with Gasteiger partial charge in [-0.05, 0) is 78.4 Å². The minimum absolute atomic E-state index is 0.238. The summed E-state index contributed by atoms with van der Waals surface area (Å²) in [6.07, 6.45) is 3.33. The molecule has 0 radical (unpaired) electrons. The number of carbonyl (C=O) groups is 1. The second-order valence-electron chi connectivity index (χ2n) is 10.1. The van der Waals surface area contributed by atoms with Crippen molar-refractivity contribution in [2.24, 2.45) is 5.92 Å². The summed E-state index contributed by atoms with van der Waals surface area (Å²) in [4.78, 5) is 17.4. The van der Waals surface area contributed by atoms with Crippen LogP contribution < -0.4 is 0 Å². The predicted octanol–water partition coefficient (Wildman–Crippen LogP) is 5.34. The highest BCUT2D eigenvalue weighted by Gasteiger charge is 2.29. The minimum atomic E-state index is -3.57. The van der Waals surface area contributed by atoms with Crippen LogP contribution in [0.3, 0.4) is 0 Å². The number of pyridine rings is 1. The van der Waals surface area contributed by atoms with Gasteiger partial charge in [-0.3, -0.25) is 0 Å². The van der Waals surface area contributed by atoms with Gasteiger partial charge in [0.1, 0.15) is 11.5 Å². The van der Waals surface area contributed by atoms with Gasteiger partial charge in [-0.2, -0.15) is 4.31 Å². The summed E-state index contributed by atoms with van der Waals surface area (Å²) in [6, 6.07) is 17.7. The lowest BCUT2D eigenvalue weighted by atomic mass is 9.81. The van der Waals surface area contributed by atoms with E-state index < -0.39 is 16.0 Å². The average Bonchev–Trinajstić information content (AvgIpc) is 3.41. The molecule has 1 unspecified atom stereocenters. The summed E-state index contributed by atoms with van der Waals surface area (Å²) in [7, 11) is -3.57. The molecule has 1 aliphatic heterocycles. The molecule has 0 saturated carbocycles. The van der Waals surface area contributed by atoms with Crippen molar-refractivity contribution in [1.29, 1.82) is 0 Å². The van der Waals surface area contributed by atoms with Crippen molar-refractivity contribution in [3.8, 4) is 11.3 Å². The lowest BCUT2D eigenvalue weighted by molar-refractivity contribution is 0.0697. The van der Waals surface area contributed by atoms with Crippen LogP contribution in [0.5, 0.6) is 0 Å². The Morgan fingerprint density at radius 1 is 1.03 bits per heavy atom. The maximum atomic E-state index is 12.9. The summed E-state index contributed by atoms with van der Waals surface area (Å²) in [5.41, 5.74) is 4.14. The number of aromatic carboxylic acids is 1. The number of carboxylic acids is 1. The van der Waals surface area contributed by atoms with Gasteiger partial charge in [0, 0.05) is 24.0 Å².